The highest BCUT2D eigenvalue weighted by Crippen LogP contribution is 2.37. The quantitative estimate of drug-likeness (QED) is 0.289. The van der Waals surface area contributed by atoms with Gasteiger partial charge in [0.15, 0.2) is 0 Å². The minimum absolute atomic E-state index is 0.00296. The van der Waals surface area contributed by atoms with E-state index in [4.69, 9.17) is 4.74 Å². The third-order valence-corrected chi connectivity index (χ3v) is 6.25. The van der Waals surface area contributed by atoms with Crippen LogP contribution in [-0.4, -0.2) is 62.4 Å². The summed E-state index contributed by atoms with van der Waals surface area (Å²) >= 11 is 0.936. The van der Waals surface area contributed by atoms with Gasteiger partial charge in [0.25, 0.3) is 5.88 Å². The number of nitrogens with one attached hydrogen (secondary N) is 2. The molecule has 1 fully saturated rings. The van der Waals surface area contributed by atoms with Crippen molar-refractivity contribution in [2.24, 2.45) is 0 Å². The topological polar surface area (TPSA) is 108 Å². The summed E-state index contributed by atoms with van der Waals surface area (Å²) in [7, 11) is 0. The normalized spacial score (nSPS) is 13.7. The van der Waals surface area contributed by atoms with E-state index in [-0.39, 0.29) is 44.7 Å². The predicted octanol–water partition coefficient (Wildman–Crippen LogP) is 6.15. The zero-order valence-electron chi connectivity index (χ0n) is 23.0. The van der Waals surface area contributed by atoms with E-state index in [2.05, 4.69) is 29.3 Å². The number of piperazine rings is 1. The van der Waals surface area contributed by atoms with Crippen molar-refractivity contribution >= 4 is 35.2 Å². The molecule has 230 valence electrons. The van der Waals surface area contributed by atoms with E-state index in [1.165, 1.54) is 4.90 Å². The van der Waals surface area contributed by atoms with Gasteiger partial charge in [0.05, 0.1) is 28.5 Å². The Hall–Kier alpha value is -3.89. The van der Waals surface area contributed by atoms with Gasteiger partial charge in [0, 0.05) is 44.6 Å². The predicted molar refractivity (Wildman–Crippen MR) is 146 cm³/mol. The number of nitrogens with zero attached hydrogens (tertiary/aromatic N) is 6. The van der Waals surface area contributed by atoms with Crippen LogP contribution in [0.25, 0.3) is 0 Å². The molecule has 17 heteroatoms. The van der Waals surface area contributed by atoms with Gasteiger partial charge in [-0.25, -0.2) is 14.8 Å². The lowest BCUT2D eigenvalue weighted by atomic mass is 10.1. The van der Waals surface area contributed by atoms with Crippen LogP contribution in [0.2, 0.25) is 0 Å². The summed E-state index contributed by atoms with van der Waals surface area (Å²) in [6, 6.07) is 1.82. The highest BCUT2D eigenvalue weighted by atomic mass is 32.1. The molecule has 0 radical (unpaired) electrons. The van der Waals surface area contributed by atoms with Gasteiger partial charge in [-0.05, 0) is 30.7 Å². The Labute approximate surface area is 242 Å². The maximum atomic E-state index is 13.1. The van der Waals surface area contributed by atoms with Crippen LogP contribution in [0.5, 0.6) is 5.88 Å². The summed E-state index contributed by atoms with van der Waals surface area (Å²) in [5.74, 6) is 1.21. The van der Waals surface area contributed by atoms with E-state index < -0.39 is 35.2 Å². The molecule has 0 atom stereocenters. The van der Waals surface area contributed by atoms with Crippen molar-refractivity contribution < 1.29 is 35.9 Å². The number of benzene rings is 1. The van der Waals surface area contributed by atoms with Crippen LogP contribution in [0.1, 0.15) is 44.0 Å². The minimum atomic E-state index is -5.02. The Bertz CT molecular complexity index is 1280. The van der Waals surface area contributed by atoms with Gasteiger partial charge in [-0.3, -0.25) is 0 Å². The maximum Gasteiger partial charge on any atom is 0.416 e. The molecule has 1 saturated heterocycles. The number of rotatable bonds is 8. The van der Waals surface area contributed by atoms with Crippen LogP contribution < -0.4 is 20.3 Å². The second-order valence-corrected chi connectivity index (χ2v) is 9.21. The largest absolute Gasteiger partial charge is 0.468 e. The third kappa shape index (κ3) is 8.80. The standard InChI is InChI=1S/C23H24F6N8O2S.C2H6/c1-2-4-30-20-31-5-3-16(32-20)13-39-19-18(34-40-35-19)36-6-8-37(9-7-36)21(38)33-17-11-14(22(24,25)26)10-15(12-17)23(27,28)29;1-2/h3,5,10-12H,2,4,6-9,13H2,1H3,(H,33,38)(H,30,31,32);1-2H3. The Kier molecular flexibility index (Phi) is 11.1. The monoisotopic (exact) mass is 620 g/mol. The summed E-state index contributed by atoms with van der Waals surface area (Å²) in [5.41, 5.74) is -3.01. The Balaban J connectivity index is 0.00000237. The van der Waals surface area contributed by atoms with Crippen LogP contribution in [0.15, 0.2) is 30.5 Å². The van der Waals surface area contributed by atoms with Gasteiger partial charge in [0.2, 0.25) is 11.8 Å². The van der Waals surface area contributed by atoms with Crippen molar-refractivity contribution in [3.63, 3.8) is 0 Å². The molecule has 2 aromatic heterocycles. The molecule has 1 aliphatic rings. The van der Waals surface area contributed by atoms with Crippen molar-refractivity contribution in [1.82, 2.24) is 23.6 Å². The SMILES string of the molecule is CC.CCCNc1nccc(COc2nsnc2N2CCN(C(=O)Nc3cc(C(F)(F)F)cc(C(F)(F)F)c3)CC2)n1. The summed E-state index contributed by atoms with van der Waals surface area (Å²) in [6.45, 7) is 7.68. The first kappa shape index (κ1) is 32.6. The Morgan fingerprint density at radius 3 is 2.24 bits per heavy atom. The van der Waals surface area contributed by atoms with Gasteiger partial charge >= 0.3 is 18.4 Å². The fourth-order valence-corrected chi connectivity index (χ4v) is 4.27. The molecular weight excluding hydrogens is 590 g/mol. The van der Waals surface area contributed by atoms with Gasteiger partial charge in [0.1, 0.15) is 6.61 Å². The van der Waals surface area contributed by atoms with Crippen molar-refractivity contribution in [1.29, 1.82) is 0 Å². The van der Waals surface area contributed by atoms with Crippen LogP contribution in [0.3, 0.4) is 0 Å². The van der Waals surface area contributed by atoms with E-state index in [9.17, 15) is 31.1 Å². The van der Waals surface area contributed by atoms with E-state index in [1.807, 2.05) is 25.7 Å². The number of hydrogen-bond acceptors (Lipinski definition) is 9. The number of aromatic nitrogens is 4. The maximum absolute atomic E-state index is 13.1. The first-order chi connectivity index (χ1) is 19.9. The molecule has 0 bridgehead atoms. The summed E-state index contributed by atoms with van der Waals surface area (Å²) < 4.78 is 93.0. The van der Waals surface area contributed by atoms with Gasteiger partial charge < -0.3 is 25.2 Å². The molecule has 10 nitrogen and oxygen atoms in total. The number of carbonyl (C=O) groups is 1. The molecular formula is C25H30F6N8O2S. The Morgan fingerprint density at radius 2 is 1.64 bits per heavy atom. The number of anilines is 3. The van der Waals surface area contributed by atoms with Gasteiger partial charge in [-0.2, -0.15) is 30.7 Å². The molecule has 0 saturated carbocycles. The van der Waals surface area contributed by atoms with Crippen LogP contribution in [0.4, 0.5) is 48.6 Å². The summed E-state index contributed by atoms with van der Waals surface area (Å²) in [6.07, 6.45) is -7.51. The molecule has 2 amide bonds. The molecule has 0 aliphatic carbocycles. The second kappa shape index (κ2) is 14.3. The van der Waals surface area contributed by atoms with Crippen molar-refractivity contribution in [3.8, 4) is 5.88 Å². The van der Waals surface area contributed by atoms with E-state index >= 15 is 0 Å². The molecule has 3 aromatic rings. The molecule has 2 N–H and O–H groups in total. The first-order valence-electron chi connectivity index (χ1n) is 13.1. The lowest BCUT2D eigenvalue weighted by Crippen LogP contribution is -2.50. The van der Waals surface area contributed by atoms with Crippen LogP contribution in [0, 0.1) is 0 Å². The van der Waals surface area contributed by atoms with Gasteiger partial charge in [-0.1, -0.05) is 20.8 Å². The molecule has 0 spiro atoms. The number of halogens is 6. The molecule has 1 aliphatic heterocycles. The Morgan fingerprint density at radius 1 is 1.00 bits per heavy atom. The fraction of sp³-hybridized carbons (Fsp3) is 0.480. The van der Waals surface area contributed by atoms with E-state index in [0.29, 0.717) is 29.6 Å². The summed E-state index contributed by atoms with van der Waals surface area (Å²) in [4.78, 5) is 24.3. The van der Waals surface area contributed by atoms with Crippen LogP contribution in [-0.2, 0) is 19.0 Å². The lowest BCUT2D eigenvalue weighted by molar-refractivity contribution is -0.143. The number of carbonyl (C=O) groups excluding carboxylic acids is 1. The minimum Gasteiger partial charge on any atom is -0.468 e. The highest BCUT2D eigenvalue weighted by molar-refractivity contribution is 6.99. The molecule has 4 rings (SSSR count). The van der Waals surface area contributed by atoms with Gasteiger partial charge in [-0.15, -0.1) is 4.37 Å². The molecule has 42 heavy (non-hydrogen) atoms. The first-order valence-corrected chi connectivity index (χ1v) is 13.8. The molecule has 0 unspecified atom stereocenters. The lowest BCUT2D eigenvalue weighted by Gasteiger charge is -2.34. The third-order valence-electron chi connectivity index (χ3n) is 5.75. The number of urea groups is 1. The average Bonchev–Trinajstić information content (AvgIpc) is 3.44. The highest BCUT2D eigenvalue weighted by Gasteiger charge is 2.37. The molecule has 3 heterocycles. The van der Waals surface area contributed by atoms with Crippen LogP contribution >= 0.6 is 11.7 Å². The van der Waals surface area contributed by atoms with E-state index in [1.54, 1.807) is 12.3 Å². The van der Waals surface area contributed by atoms with Crippen molar-refractivity contribution in [3.05, 3.63) is 47.3 Å². The van der Waals surface area contributed by atoms with Crippen molar-refractivity contribution in [2.45, 2.75) is 46.2 Å². The van der Waals surface area contributed by atoms with Crippen molar-refractivity contribution in [2.75, 3.05) is 48.3 Å². The zero-order chi connectivity index (χ0) is 30.9. The smallest absolute Gasteiger partial charge is 0.416 e. The molecule has 1 aromatic carbocycles. The summed E-state index contributed by atoms with van der Waals surface area (Å²) in [5, 5.41) is 5.24. The van der Waals surface area contributed by atoms with E-state index in [0.717, 1.165) is 24.7 Å². The number of alkyl halides is 6. The second-order valence-electron chi connectivity index (χ2n) is 8.68. The number of ether oxygens (including phenoxy) is 1. The number of hydrogen-bond donors (Lipinski definition) is 2. The number of amides is 2. The fourth-order valence-electron chi connectivity index (χ4n) is 3.75. The average molecular weight is 621 g/mol. The zero-order valence-corrected chi connectivity index (χ0v) is 23.8.